The molecular formula is C20H23Cl2NO4. The minimum atomic E-state index is -0.855. The lowest BCUT2D eigenvalue weighted by Gasteiger charge is -2.33. The highest BCUT2D eigenvalue weighted by Gasteiger charge is 2.74. The number of benzene rings is 1. The Morgan fingerprint density at radius 2 is 1.93 bits per heavy atom. The molecular weight excluding hydrogens is 389 g/mol. The lowest BCUT2D eigenvalue weighted by atomic mass is 9.83. The van der Waals surface area contributed by atoms with Gasteiger partial charge in [-0.25, -0.2) is 4.79 Å². The Morgan fingerprint density at radius 1 is 1.22 bits per heavy atom. The number of carbonyl (C=O) groups excluding carboxylic acids is 2. The second-order valence-electron chi connectivity index (χ2n) is 8.00. The molecule has 1 heterocycles. The number of hydrogen-bond donors (Lipinski definition) is 0. The largest absolute Gasteiger partial charge is 0.465 e. The van der Waals surface area contributed by atoms with Gasteiger partial charge in [-0.1, -0.05) is 35.3 Å². The van der Waals surface area contributed by atoms with Gasteiger partial charge in [0.1, 0.15) is 11.0 Å². The average Bonchev–Trinajstić information content (AvgIpc) is 3.27. The van der Waals surface area contributed by atoms with E-state index in [1.165, 1.54) is 4.90 Å². The zero-order valence-electron chi connectivity index (χ0n) is 15.8. The first-order valence-corrected chi connectivity index (χ1v) is 9.62. The van der Waals surface area contributed by atoms with E-state index < -0.39 is 22.5 Å². The molecule has 1 unspecified atom stereocenters. The van der Waals surface area contributed by atoms with Gasteiger partial charge < -0.3 is 9.47 Å². The number of rotatable bonds is 3. The quantitative estimate of drug-likeness (QED) is 0.660. The molecule has 1 saturated carbocycles. The van der Waals surface area contributed by atoms with Crippen LogP contribution < -0.4 is 0 Å². The third-order valence-electron chi connectivity index (χ3n) is 5.02. The normalized spacial score (nSPS) is 26.4. The Bertz CT molecular complexity index is 817. The van der Waals surface area contributed by atoms with Crippen molar-refractivity contribution in [3.05, 3.63) is 46.1 Å². The molecule has 0 aromatic heterocycles. The number of halogens is 2. The summed E-state index contributed by atoms with van der Waals surface area (Å²) < 4.78 is 10.8. The summed E-state index contributed by atoms with van der Waals surface area (Å²) in [6.45, 7) is 7.64. The highest BCUT2D eigenvalue weighted by Crippen LogP contribution is 2.68. The molecule has 146 valence electrons. The number of amides is 1. The van der Waals surface area contributed by atoms with Crippen molar-refractivity contribution in [3.63, 3.8) is 0 Å². The van der Waals surface area contributed by atoms with Gasteiger partial charge in [0.15, 0.2) is 0 Å². The molecule has 0 radical (unpaired) electrons. The summed E-state index contributed by atoms with van der Waals surface area (Å²) in [5.74, 6) is -0.325. The molecule has 1 amide bonds. The fourth-order valence-electron chi connectivity index (χ4n) is 3.69. The van der Waals surface area contributed by atoms with Crippen LogP contribution in [-0.4, -0.2) is 35.7 Å². The molecule has 5 nitrogen and oxygen atoms in total. The SMILES string of the molecule is CCOC(=O)C12CN(C(=O)OC(C)(C)C)C=C[C@]1(c1ccc(Cl)c(Cl)c1)C2. The number of allylic oxidation sites excluding steroid dienone is 1. The van der Waals surface area contributed by atoms with E-state index in [2.05, 4.69) is 0 Å². The average molecular weight is 412 g/mol. The maximum atomic E-state index is 12.9. The van der Waals surface area contributed by atoms with E-state index in [-0.39, 0.29) is 19.1 Å². The van der Waals surface area contributed by atoms with Gasteiger partial charge in [-0.3, -0.25) is 9.69 Å². The standard InChI is InChI=1S/C20H23Cl2NO4/c1-5-26-16(24)20-11-19(20,13-6-7-14(21)15(22)10-13)8-9-23(12-20)17(25)27-18(2,3)4/h6-10H,5,11-12H2,1-4H3/t19-,20?/m1/s1. The van der Waals surface area contributed by atoms with Crippen LogP contribution in [0, 0.1) is 5.41 Å². The second-order valence-corrected chi connectivity index (χ2v) is 8.82. The van der Waals surface area contributed by atoms with Gasteiger partial charge in [0.25, 0.3) is 0 Å². The van der Waals surface area contributed by atoms with Gasteiger partial charge in [0.2, 0.25) is 0 Å². The molecule has 1 aliphatic carbocycles. The van der Waals surface area contributed by atoms with E-state index in [1.807, 2.05) is 12.1 Å². The number of esters is 1. The molecule has 27 heavy (non-hydrogen) atoms. The van der Waals surface area contributed by atoms with Crippen LogP contribution in [0.15, 0.2) is 30.5 Å². The maximum absolute atomic E-state index is 12.9. The van der Waals surface area contributed by atoms with E-state index >= 15 is 0 Å². The number of ether oxygens (including phenoxy) is 2. The van der Waals surface area contributed by atoms with Crippen molar-refractivity contribution in [1.29, 1.82) is 0 Å². The van der Waals surface area contributed by atoms with Crippen molar-refractivity contribution in [2.24, 2.45) is 5.41 Å². The summed E-state index contributed by atoms with van der Waals surface area (Å²) in [5.41, 5.74) is -1.16. The van der Waals surface area contributed by atoms with Crippen molar-refractivity contribution in [3.8, 4) is 0 Å². The summed E-state index contributed by atoms with van der Waals surface area (Å²) in [7, 11) is 0. The third-order valence-corrected chi connectivity index (χ3v) is 5.76. The first kappa shape index (κ1) is 20.0. The number of carbonyl (C=O) groups is 2. The molecule has 2 atom stereocenters. The molecule has 1 fully saturated rings. The van der Waals surface area contributed by atoms with Crippen molar-refractivity contribution < 1.29 is 19.1 Å². The van der Waals surface area contributed by atoms with Crippen LogP contribution in [0.1, 0.15) is 39.7 Å². The fraction of sp³-hybridized carbons (Fsp3) is 0.500. The molecule has 0 spiro atoms. The monoisotopic (exact) mass is 411 g/mol. The number of hydrogen-bond acceptors (Lipinski definition) is 4. The van der Waals surface area contributed by atoms with E-state index in [0.29, 0.717) is 16.5 Å². The molecule has 3 rings (SSSR count). The van der Waals surface area contributed by atoms with E-state index in [4.69, 9.17) is 32.7 Å². The Hall–Kier alpha value is -1.72. The summed E-state index contributed by atoms with van der Waals surface area (Å²) in [4.78, 5) is 26.8. The maximum Gasteiger partial charge on any atom is 0.414 e. The summed E-state index contributed by atoms with van der Waals surface area (Å²) in [6.07, 6.45) is 3.60. The van der Waals surface area contributed by atoms with Crippen LogP contribution >= 0.6 is 23.2 Å². The Balaban J connectivity index is 1.97. The minimum Gasteiger partial charge on any atom is -0.465 e. The Morgan fingerprint density at radius 3 is 2.52 bits per heavy atom. The van der Waals surface area contributed by atoms with Gasteiger partial charge in [-0.2, -0.15) is 0 Å². The van der Waals surface area contributed by atoms with Crippen molar-refractivity contribution in [2.75, 3.05) is 13.2 Å². The lowest BCUT2D eigenvalue weighted by Crippen LogP contribution is -2.44. The molecule has 0 saturated heterocycles. The second kappa shape index (κ2) is 6.71. The molecule has 0 N–H and O–H groups in total. The van der Waals surface area contributed by atoms with Gasteiger partial charge in [0.05, 0.1) is 16.7 Å². The van der Waals surface area contributed by atoms with Gasteiger partial charge >= 0.3 is 12.1 Å². The first-order chi connectivity index (χ1) is 12.5. The highest BCUT2D eigenvalue weighted by molar-refractivity contribution is 6.42. The summed E-state index contributed by atoms with van der Waals surface area (Å²) >= 11 is 12.2. The molecule has 1 aromatic rings. The fourth-order valence-corrected chi connectivity index (χ4v) is 3.99. The minimum absolute atomic E-state index is 0.192. The first-order valence-electron chi connectivity index (χ1n) is 8.86. The predicted molar refractivity (Wildman–Crippen MR) is 104 cm³/mol. The smallest absolute Gasteiger partial charge is 0.414 e. The van der Waals surface area contributed by atoms with Crippen molar-refractivity contribution in [2.45, 2.75) is 45.1 Å². The Kier molecular flexibility index (Phi) is 4.98. The van der Waals surface area contributed by atoms with Crippen LogP contribution in [0.3, 0.4) is 0 Å². The number of fused-ring (bicyclic) bond motifs is 1. The van der Waals surface area contributed by atoms with Crippen LogP contribution in [0.5, 0.6) is 0 Å². The van der Waals surface area contributed by atoms with Gasteiger partial charge in [-0.15, -0.1) is 0 Å². The summed E-state index contributed by atoms with van der Waals surface area (Å²) in [6, 6.07) is 5.36. The van der Waals surface area contributed by atoms with Gasteiger partial charge in [0, 0.05) is 18.2 Å². The molecule has 1 aliphatic heterocycles. The Labute approximate surface area is 169 Å². The van der Waals surface area contributed by atoms with E-state index in [1.54, 1.807) is 46.0 Å². The van der Waals surface area contributed by atoms with Crippen LogP contribution in [0.25, 0.3) is 0 Å². The molecule has 0 bridgehead atoms. The summed E-state index contributed by atoms with van der Waals surface area (Å²) in [5, 5.41) is 0.880. The van der Waals surface area contributed by atoms with Gasteiger partial charge in [-0.05, 0) is 51.8 Å². The molecule has 2 aliphatic rings. The van der Waals surface area contributed by atoms with Crippen LogP contribution in [-0.2, 0) is 19.7 Å². The lowest BCUT2D eigenvalue weighted by molar-refractivity contribution is -0.151. The van der Waals surface area contributed by atoms with Crippen molar-refractivity contribution in [1.82, 2.24) is 4.90 Å². The zero-order chi connectivity index (χ0) is 20.0. The predicted octanol–water partition coefficient (Wildman–Crippen LogP) is 4.95. The van der Waals surface area contributed by atoms with E-state index in [9.17, 15) is 9.59 Å². The molecule has 1 aromatic carbocycles. The van der Waals surface area contributed by atoms with Crippen LogP contribution in [0.4, 0.5) is 4.79 Å². The highest BCUT2D eigenvalue weighted by atomic mass is 35.5. The topological polar surface area (TPSA) is 55.8 Å². The third kappa shape index (κ3) is 3.43. The van der Waals surface area contributed by atoms with E-state index in [0.717, 1.165) is 5.56 Å². The zero-order valence-corrected chi connectivity index (χ0v) is 17.4. The van der Waals surface area contributed by atoms with Crippen LogP contribution in [0.2, 0.25) is 10.0 Å². The molecule has 7 heteroatoms. The number of nitrogens with zero attached hydrogens (tertiary/aromatic N) is 1. The van der Waals surface area contributed by atoms with Crippen molar-refractivity contribution >= 4 is 35.3 Å².